The molecule has 156 valence electrons. The Bertz CT molecular complexity index is 912. The summed E-state index contributed by atoms with van der Waals surface area (Å²) in [7, 11) is 0. The molecule has 0 radical (unpaired) electrons. The van der Waals surface area contributed by atoms with Gasteiger partial charge in [-0.25, -0.2) is 0 Å². The molecule has 30 heavy (non-hydrogen) atoms. The van der Waals surface area contributed by atoms with Gasteiger partial charge in [-0.2, -0.15) is 0 Å². The number of carbonyl (C=O) groups is 1. The molecule has 2 unspecified atom stereocenters. The molecule has 1 heterocycles. The third-order valence-electron chi connectivity index (χ3n) is 6.56. The summed E-state index contributed by atoms with van der Waals surface area (Å²) in [5, 5.41) is 0. The number of rotatable bonds is 5. The molecule has 2 aromatic rings. The van der Waals surface area contributed by atoms with Crippen LogP contribution < -0.4 is 9.47 Å². The Kier molecular flexibility index (Phi) is 5.48. The van der Waals surface area contributed by atoms with Crippen molar-refractivity contribution < 1.29 is 14.3 Å². The summed E-state index contributed by atoms with van der Waals surface area (Å²) in [4.78, 5) is 15.7. The SMILES string of the molecule is O=C(C1Cc2ccccc2C1)N(CC1CC=CCC1)CC1COc2ccccc2O1. The van der Waals surface area contributed by atoms with Gasteiger partial charge in [-0.15, -0.1) is 0 Å². The Morgan fingerprint density at radius 2 is 1.67 bits per heavy atom. The van der Waals surface area contributed by atoms with Gasteiger partial charge in [0.1, 0.15) is 6.61 Å². The predicted molar refractivity (Wildman–Crippen MR) is 117 cm³/mol. The topological polar surface area (TPSA) is 38.8 Å². The second-order valence-corrected chi connectivity index (χ2v) is 8.77. The normalized spacial score (nSPS) is 22.5. The highest BCUT2D eigenvalue weighted by Gasteiger charge is 2.34. The molecule has 4 heteroatoms. The van der Waals surface area contributed by atoms with Crippen LogP contribution in [0.2, 0.25) is 0 Å². The third-order valence-corrected chi connectivity index (χ3v) is 6.56. The molecule has 4 nitrogen and oxygen atoms in total. The van der Waals surface area contributed by atoms with Crippen molar-refractivity contribution in [2.75, 3.05) is 19.7 Å². The van der Waals surface area contributed by atoms with Crippen LogP contribution in [-0.2, 0) is 17.6 Å². The molecular weight excluding hydrogens is 374 g/mol. The Morgan fingerprint density at radius 1 is 0.933 bits per heavy atom. The molecule has 2 aromatic carbocycles. The second-order valence-electron chi connectivity index (χ2n) is 8.77. The fraction of sp³-hybridized carbons (Fsp3) is 0.423. The van der Waals surface area contributed by atoms with Crippen molar-refractivity contribution in [1.82, 2.24) is 4.90 Å². The van der Waals surface area contributed by atoms with Gasteiger partial charge in [0.05, 0.1) is 6.54 Å². The number of carbonyl (C=O) groups excluding carboxylic acids is 1. The Labute approximate surface area is 178 Å². The lowest BCUT2D eigenvalue weighted by Crippen LogP contribution is -2.47. The summed E-state index contributed by atoms with van der Waals surface area (Å²) < 4.78 is 12.1. The highest BCUT2D eigenvalue weighted by Crippen LogP contribution is 2.32. The van der Waals surface area contributed by atoms with E-state index in [1.807, 2.05) is 24.3 Å². The number of amides is 1. The summed E-state index contributed by atoms with van der Waals surface area (Å²) in [6, 6.07) is 16.2. The molecule has 1 amide bonds. The van der Waals surface area contributed by atoms with E-state index >= 15 is 0 Å². The highest BCUT2D eigenvalue weighted by atomic mass is 16.6. The molecule has 1 aliphatic heterocycles. The number of allylic oxidation sites excluding steroid dienone is 2. The number of ether oxygens (including phenoxy) is 2. The summed E-state index contributed by atoms with van der Waals surface area (Å²) in [6.45, 7) is 1.87. The fourth-order valence-corrected chi connectivity index (χ4v) is 4.98. The second kappa shape index (κ2) is 8.55. The largest absolute Gasteiger partial charge is 0.486 e. The zero-order valence-electron chi connectivity index (χ0n) is 17.3. The van der Waals surface area contributed by atoms with Gasteiger partial charge < -0.3 is 14.4 Å². The minimum atomic E-state index is -0.133. The van der Waals surface area contributed by atoms with E-state index in [0.717, 1.165) is 50.1 Å². The quantitative estimate of drug-likeness (QED) is 0.694. The molecule has 0 N–H and O–H groups in total. The van der Waals surface area contributed by atoms with Crippen molar-refractivity contribution in [2.45, 2.75) is 38.2 Å². The summed E-state index contributed by atoms with van der Waals surface area (Å²) in [5.74, 6) is 2.39. The van der Waals surface area contributed by atoms with E-state index in [2.05, 4.69) is 41.3 Å². The van der Waals surface area contributed by atoms with Gasteiger partial charge in [-0.1, -0.05) is 48.6 Å². The van der Waals surface area contributed by atoms with Crippen LogP contribution in [0.15, 0.2) is 60.7 Å². The van der Waals surface area contributed by atoms with Crippen LogP contribution in [0.3, 0.4) is 0 Å². The third kappa shape index (κ3) is 4.09. The van der Waals surface area contributed by atoms with Crippen molar-refractivity contribution in [1.29, 1.82) is 0 Å². The van der Waals surface area contributed by atoms with Gasteiger partial charge >= 0.3 is 0 Å². The fourth-order valence-electron chi connectivity index (χ4n) is 4.98. The first-order chi connectivity index (χ1) is 14.8. The van der Waals surface area contributed by atoms with Crippen molar-refractivity contribution in [3.05, 3.63) is 71.8 Å². The maximum absolute atomic E-state index is 13.6. The highest BCUT2D eigenvalue weighted by molar-refractivity contribution is 5.80. The number of benzene rings is 2. The molecule has 5 rings (SSSR count). The first-order valence-corrected chi connectivity index (χ1v) is 11.2. The van der Waals surface area contributed by atoms with Crippen molar-refractivity contribution >= 4 is 5.91 Å². The Morgan fingerprint density at radius 3 is 2.40 bits per heavy atom. The molecule has 0 saturated heterocycles. The monoisotopic (exact) mass is 403 g/mol. The van der Waals surface area contributed by atoms with Gasteiger partial charge in [0.25, 0.3) is 0 Å². The number of fused-ring (bicyclic) bond motifs is 2. The van der Waals surface area contributed by atoms with Crippen LogP contribution in [0.5, 0.6) is 11.5 Å². The summed E-state index contributed by atoms with van der Waals surface area (Å²) >= 11 is 0. The number of hydrogen-bond donors (Lipinski definition) is 0. The van der Waals surface area contributed by atoms with Gasteiger partial charge in [-0.3, -0.25) is 4.79 Å². The molecule has 0 spiro atoms. The number of para-hydroxylation sites is 2. The van der Waals surface area contributed by atoms with Gasteiger partial charge in [-0.05, 0) is 61.3 Å². The van der Waals surface area contributed by atoms with Crippen LogP contribution >= 0.6 is 0 Å². The van der Waals surface area contributed by atoms with Gasteiger partial charge in [0.15, 0.2) is 17.6 Å². The standard InChI is InChI=1S/C26H29NO3/c28-26(22-14-20-10-4-5-11-21(20)15-22)27(16-19-8-2-1-3-9-19)17-23-18-29-24-12-6-7-13-25(24)30-23/h1-2,4-7,10-13,19,22-23H,3,8-9,14-18H2. The van der Waals surface area contributed by atoms with Crippen LogP contribution in [0.1, 0.15) is 30.4 Å². The zero-order valence-corrected chi connectivity index (χ0v) is 17.3. The molecule has 0 bridgehead atoms. The van der Waals surface area contributed by atoms with E-state index in [1.165, 1.54) is 11.1 Å². The zero-order chi connectivity index (χ0) is 20.3. The van der Waals surface area contributed by atoms with Crippen LogP contribution in [0.4, 0.5) is 0 Å². The van der Waals surface area contributed by atoms with E-state index in [4.69, 9.17) is 9.47 Å². The van der Waals surface area contributed by atoms with Crippen LogP contribution in [0.25, 0.3) is 0 Å². The van der Waals surface area contributed by atoms with E-state index in [9.17, 15) is 4.79 Å². The molecule has 0 fully saturated rings. The lowest BCUT2D eigenvalue weighted by atomic mass is 9.93. The average molecular weight is 404 g/mol. The van der Waals surface area contributed by atoms with Gasteiger partial charge in [0, 0.05) is 12.5 Å². The van der Waals surface area contributed by atoms with Crippen molar-refractivity contribution in [3.63, 3.8) is 0 Å². The van der Waals surface area contributed by atoms with Crippen LogP contribution in [0, 0.1) is 11.8 Å². The van der Waals surface area contributed by atoms with Gasteiger partial charge in [0.2, 0.25) is 5.91 Å². The van der Waals surface area contributed by atoms with E-state index in [-0.39, 0.29) is 17.9 Å². The first kappa shape index (κ1) is 19.2. The average Bonchev–Trinajstić information content (AvgIpc) is 3.23. The Hall–Kier alpha value is -2.75. The molecule has 2 atom stereocenters. The maximum atomic E-state index is 13.6. The molecule has 2 aliphatic carbocycles. The van der Waals surface area contributed by atoms with Crippen LogP contribution in [-0.4, -0.2) is 36.6 Å². The predicted octanol–water partition coefficient (Wildman–Crippen LogP) is 4.43. The van der Waals surface area contributed by atoms with Crippen molar-refractivity contribution in [2.24, 2.45) is 11.8 Å². The molecule has 3 aliphatic rings. The van der Waals surface area contributed by atoms with E-state index < -0.39 is 0 Å². The molecule has 0 saturated carbocycles. The molecule has 0 aromatic heterocycles. The number of hydrogen-bond acceptors (Lipinski definition) is 3. The summed E-state index contributed by atoms with van der Waals surface area (Å²) in [5.41, 5.74) is 2.64. The Balaban J connectivity index is 1.30. The van der Waals surface area contributed by atoms with Crippen molar-refractivity contribution in [3.8, 4) is 11.5 Å². The maximum Gasteiger partial charge on any atom is 0.226 e. The lowest BCUT2D eigenvalue weighted by Gasteiger charge is -2.35. The smallest absolute Gasteiger partial charge is 0.226 e. The van der Waals surface area contributed by atoms with E-state index in [1.54, 1.807) is 0 Å². The summed E-state index contributed by atoms with van der Waals surface area (Å²) in [6.07, 6.45) is 9.39. The molecular formula is C26H29NO3. The minimum Gasteiger partial charge on any atom is -0.486 e. The van der Waals surface area contributed by atoms with E-state index in [0.29, 0.717) is 19.1 Å². The number of nitrogens with zero attached hydrogens (tertiary/aromatic N) is 1. The lowest BCUT2D eigenvalue weighted by molar-refractivity contribution is -0.137. The minimum absolute atomic E-state index is 0.0401. The first-order valence-electron chi connectivity index (χ1n) is 11.2.